The van der Waals surface area contributed by atoms with Crippen LogP contribution in [0.2, 0.25) is 41.3 Å². The van der Waals surface area contributed by atoms with Gasteiger partial charge < -0.3 is 22.7 Å². The van der Waals surface area contributed by atoms with Gasteiger partial charge in [-0.2, -0.15) is 0 Å². The average Bonchev–Trinajstić information content (AvgIpc) is 3.18. The molecule has 0 bridgehead atoms. The van der Waals surface area contributed by atoms with Crippen LogP contribution >= 0.6 is 34.2 Å². The summed E-state index contributed by atoms with van der Waals surface area (Å²) < 4.78 is 51.0. The lowest BCUT2D eigenvalue weighted by molar-refractivity contribution is 0.0523. The highest BCUT2D eigenvalue weighted by Gasteiger charge is 2.38. The number of esters is 1. The quantitative estimate of drug-likeness (QED) is 0.0472. The van der Waals surface area contributed by atoms with Gasteiger partial charge in [0.2, 0.25) is 5.43 Å². The van der Waals surface area contributed by atoms with Gasteiger partial charge in [-0.05, 0) is 120 Å². The van der Waals surface area contributed by atoms with E-state index in [4.69, 9.17) is 25.2 Å². The molecule has 5 aromatic rings. The van der Waals surface area contributed by atoms with Crippen molar-refractivity contribution in [2.45, 2.75) is 125 Å². The number of carbonyl (C=O) groups is 2. The third kappa shape index (κ3) is 12.2. The summed E-state index contributed by atoms with van der Waals surface area (Å²) in [4.78, 5) is 50.9. The molecule has 0 aliphatic heterocycles. The number of fused-ring (bicyclic) bond motifs is 2. The highest BCUT2D eigenvalue weighted by atomic mass is 127. The first-order valence-electron chi connectivity index (χ1n) is 21.3. The summed E-state index contributed by atoms with van der Waals surface area (Å²) >= 11 is 8.11. The Labute approximate surface area is 390 Å². The van der Waals surface area contributed by atoms with Crippen LogP contribution in [-0.2, 0) is 33.1 Å². The number of benzene rings is 3. The number of pyridine rings is 2. The van der Waals surface area contributed by atoms with E-state index in [0.717, 1.165) is 11.1 Å². The Bertz CT molecular complexity index is 2630. The zero-order valence-electron chi connectivity index (χ0n) is 38.9. The van der Waals surface area contributed by atoms with E-state index < -0.39 is 33.9 Å². The van der Waals surface area contributed by atoms with Gasteiger partial charge >= 0.3 is 5.97 Å². The molecule has 342 valence electrons. The number of hydrogen-bond acceptors (Lipinski definition) is 7. The number of carbonyl (C=O) groups excluding carboxylic acids is 2. The first-order chi connectivity index (χ1) is 29.1. The minimum atomic E-state index is -2.01. The monoisotopic (exact) mass is 1030 g/mol. The van der Waals surface area contributed by atoms with Crippen molar-refractivity contribution in [1.29, 1.82) is 0 Å². The number of halogens is 4. The van der Waals surface area contributed by atoms with Gasteiger partial charge in [0.05, 0.1) is 36.4 Å². The fourth-order valence-electron chi connectivity index (χ4n) is 6.37. The second kappa shape index (κ2) is 20.7. The molecule has 0 aliphatic carbocycles. The minimum absolute atomic E-state index is 0.0359. The van der Waals surface area contributed by atoms with E-state index in [1.54, 1.807) is 41.3 Å². The fraction of sp³-hybridized carbons (Fsp3) is 0.458. The Hall–Kier alpha value is -3.55. The topological polar surface area (TPSA) is 106 Å². The average molecular weight is 1040 g/mol. The van der Waals surface area contributed by atoms with E-state index in [-0.39, 0.29) is 63.1 Å². The molecule has 0 radical (unpaired) electrons. The summed E-state index contributed by atoms with van der Waals surface area (Å²) in [7, 11) is -3.93. The predicted octanol–water partition coefficient (Wildman–Crippen LogP) is 12.3. The maximum absolute atomic E-state index is 15.3. The molecular formula is C48H62ClF2IN2O7Si2. The maximum atomic E-state index is 15.3. The largest absolute Gasteiger partial charge is 0.462 e. The number of Topliss-reactive ketones (excluding diaryl/α,β-unsaturated/α-hetero) is 1. The fourth-order valence-corrected chi connectivity index (χ4v) is 9.10. The highest BCUT2D eigenvalue weighted by Crippen LogP contribution is 2.37. The summed E-state index contributed by atoms with van der Waals surface area (Å²) in [6.07, 6.45) is 3.53. The summed E-state index contributed by atoms with van der Waals surface area (Å²) in [5, 5.41) is 1.36. The minimum Gasteiger partial charge on any atom is -0.462 e. The first kappa shape index (κ1) is 52.1. The van der Waals surface area contributed by atoms with Crippen LogP contribution in [0.4, 0.5) is 8.78 Å². The maximum Gasteiger partial charge on any atom is 0.343 e. The van der Waals surface area contributed by atoms with Crippen molar-refractivity contribution < 1.29 is 32.0 Å². The van der Waals surface area contributed by atoms with E-state index in [1.807, 2.05) is 41.6 Å². The number of aromatic nitrogens is 2. The third-order valence-corrected chi connectivity index (χ3v) is 22.8. The van der Waals surface area contributed by atoms with Gasteiger partial charge in [0, 0.05) is 57.7 Å². The molecule has 0 unspecified atom stereocenters. The number of nitrogens with zero attached hydrogens (tertiary/aromatic N) is 2. The third-order valence-electron chi connectivity index (χ3n) is 12.5. The van der Waals surface area contributed by atoms with Crippen molar-refractivity contribution in [1.82, 2.24) is 9.13 Å². The van der Waals surface area contributed by atoms with E-state index in [1.165, 1.54) is 24.4 Å². The Morgan fingerprint density at radius 3 is 1.75 bits per heavy atom. The standard InChI is InChI=1S/C28H35ClFNO4Si.C20H27FINO3Si/c1-8-34-27(33)22-17-31(12-13-35-36(6,7)28(3,4)5)25-16-24(30)20(15-21(25)26(22)32)14-19-10-9-11-23(29)18(19)2;1-7-18(24)14-12-23(8-9-26-27(5,6)20(2,3)4)17-11-15(21)16(22)10-13(17)19(14)25/h9-11,15-17H,8,12-14H2,1-7H3;10-12H,7-9H2,1-6H3. The molecule has 15 heteroatoms. The SMILES string of the molecule is CCC(=O)c1cn(CCO[Si](C)(C)C(C)(C)C)c2cc(F)c(I)cc2c1=O.CCOC(=O)c1cn(CCO[Si](C)(C)C(C)(C)C)c2cc(F)c(Cc3cccc(Cl)c3C)cc2c1=O. The highest BCUT2D eigenvalue weighted by molar-refractivity contribution is 14.1. The number of ether oxygens (including phenoxy) is 1. The van der Waals surface area contributed by atoms with Gasteiger partial charge in [0.1, 0.15) is 17.2 Å². The lowest BCUT2D eigenvalue weighted by atomic mass is 9.98. The Morgan fingerprint density at radius 2 is 1.24 bits per heavy atom. The molecule has 2 aromatic heterocycles. The van der Waals surface area contributed by atoms with Crippen LogP contribution in [0.15, 0.2) is 64.4 Å². The van der Waals surface area contributed by atoms with E-state index in [2.05, 4.69) is 67.7 Å². The molecule has 0 atom stereocenters. The Morgan fingerprint density at radius 1 is 0.746 bits per heavy atom. The zero-order valence-corrected chi connectivity index (χ0v) is 43.8. The van der Waals surface area contributed by atoms with Crippen molar-refractivity contribution in [3.8, 4) is 0 Å². The molecule has 0 spiro atoms. The van der Waals surface area contributed by atoms with Gasteiger partial charge in [-0.3, -0.25) is 14.4 Å². The van der Waals surface area contributed by atoms with Gasteiger partial charge in [-0.1, -0.05) is 72.2 Å². The summed E-state index contributed by atoms with van der Waals surface area (Å²) in [5.74, 6) is -1.71. The number of hydrogen-bond donors (Lipinski definition) is 0. The van der Waals surface area contributed by atoms with Crippen molar-refractivity contribution >= 4 is 84.4 Å². The molecular weight excluding hydrogens is 973 g/mol. The van der Waals surface area contributed by atoms with E-state index >= 15 is 4.39 Å². The van der Waals surface area contributed by atoms with Gasteiger partial charge in [-0.15, -0.1) is 0 Å². The van der Waals surface area contributed by atoms with Crippen LogP contribution in [0.25, 0.3) is 21.8 Å². The van der Waals surface area contributed by atoms with Crippen molar-refractivity contribution in [3.05, 3.63) is 123 Å². The zero-order chi connectivity index (χ0) is 47.4. The second-order valence-electron chi connectivity index (χ2n) is 18.8. The summed E-state index contributed by atoms with van der Waals surface area (Å²) in [5.41, 5.74) is 2.25. The Balaban J connectivity index is 0.000000288. The molecule has 0 fully saturated rings. The lowest BCUT2D eigenvalue weighted by Crippen LogP contribution is -2.41. The Kier molecular flexibility index (Phi) is 17.1. The van der Waals surface area contributed by atoms with Crippen LogP contribution in [0, 0.1) is 22.1 Å². The van der Waals surface area contributed by atoms with Crippen molar-refractivity contribution in [3.63, 3.8) is 0 Å². The molecule has 0 amide bonds. The van der Waals surface area contributed by atoms with E-state index in [9.17, 15) is 23.6 Å². The van der Waals surface area contributed by atoms with Crippen LogP contribution in [0.1, 0.15) is 99.2 Å². The molecule has 0 N–H and O–H groups in total. The molecule has 5 rings (SSSR count). The van der Waals surface area contributed by atoms with Crippen LogP contribution in [-0.4, -0.2) is 57.3 Å². The molecule has 0 aliphatic rings. The lowest BCUT2D eigenvalue weighted by Gasteiger charge is -2.36. The van der Waals surface area contributed by atoms with Crippen LogP contribution < -0.4 is 10.9 Å². The normalized spacial score (nSPS) is 12.4. The van der Waals surface area contributed by atoms with Gasteiger partial charge in [0.15, 0.2) is 27.8 Å². The summed E-state index contributed by atoms with van der Waals surface area (Å²) in [6.45, 7) is 28.7. The van der Waals surface area contributed by atoms with Crippen LogP contribution in [0.5, 0.6) is 0 Å². The van der Waals surface area contributed by atoms with E-state index in [0.29, 0.717) is 56.9 Å². The van der Waals surface area contributed by atoms with Gasteiger partial charge in [-0.25, -0.2) is 13.6 Å². The molecule has 9 nitrogen and oxygen atoms in total. The second-order valence-corrected chi connectivity index (χ2v) is 30.0. The number of ketones is 1. The molecule has 0 saturated carbocycles. The molecule has 2 heterocycles. The first-order valence-corrected chi connectivity index (χ1v) is 28.5. The van der Waals surface area contributed by atoms with Crippen molar-refractivity contribution in [2.75, 3.05) is 19.8 Å². The summed E-state index contributed by atoms with van der Waals surface area (Å²) in [6, 6.07) is 11.3. The van der Waals surface area contributed by atoms with Gasteiger partial charge in [0.25, 0.3) is 0 Å². The number of rotatable bonds is 14. The molecule has 3 aromatic carbocycles. The molecule has 63 heavy (non-hydrogen) atoms. The van der Waals surface area contributed by atoms with Crippen molar-refractivity contribution in [2.24, 2.45) is 0 Å². The predicted molar refractivity (Wildman–Crippen MR) is 265 cm³/mol. The van der Waals surface area contributed by atoms with Crippen LogP contribution in [0.3, 0.4) is 0 Å². The smallest absolute Gasteiger partial charge is 0.343 e. The molecule has 0 saturated heterocycles.